The van der Waals surface area contributed by atoms with Crippen LogP contribution in [0.2, 0.25) is 0 Å². The average molecular weight is 262 g/mol. The molecule has 0 aromatic carbocycles. The highest BCUT2D eigenvalue weighted by molar-refractivity contribution is 5.72. The number of aliphatic carboxylic acids is 1. The van der Waals surface area contributed by atoms with Crippen molar-refractivity contribution in [2.75, 3.05) is 0 Å². The number of hydrogen-bond acceptors (Lipinski definition) is 6. The van der Waals surface area contributed by atoms with E-state index < -0.39 is 42.3 Å². The highest BCUT2D eigenvalue weighted by atomic mass is 16.6. The van der Waals surface area contributed by atoms with Crippen molar-refractivity contribution in [1.29, 1.82) is 0 Å². The first kappa shape index (κ1) is 14.9. The zero-order valence-corrected chi connectivity index (χ0v) is 10.0. The zero-order chi connectivity index (χ0) is 13.9. The minimum atomic E-state index is -1.64. The minimum absolute atomic E-state index is 0.152. The maximum atomic E-state index is 11.3. The van der Waals surface area contributed by atoms with Gasteiger partial charge in [-0.2, -0.15) is 0 Å². The summed E-state index contributed by atoms with van der Waals surface area (Å²) in [5.41, 5.74) is 0. The van der Waals surface area contributed by atoms with Crippen LogP contribution in [0.5, 0.6) is 0 Å². The van der Waals surface area contributed by atoms with Gasteiger partial charge in [-0.25, -0.2) is 0 Å². The molecule has 0 amide bonds. The van der Waals surface area contributed by atoms with Gasteiger partial charge in [-0.1, -0.05) is 6.92 Å². The molecule has 104 valence electrons. The number of rotatable bonds is 4. The number of hydrogen-bond donors (Lipinski definition) is 4. The van der Waals surface area contributed by atoms with Crippen molar-refractivity contribution in [2.24, 2.45) is 5.92 Å². The Morgan fingerprint density at radius 3 is 2.28 bits per heavy atom. The molecule has 1 fully saturated rings. The normalized spacial score (nSPS) is 36.1. The number of aliphatic hydroxyl groups excluding tert-OH is 3. The van der Waals surface area contributed by atoms with Gasteiger partial charge in [0.15, 0.2) is 0 Å². The molecule has 0 radical (unpaired) electrons. The SMILES string of the molecule is CCCC(=O)OC1C[C@H](C(=O)O)[C@@H](O)[C@H](O)[C@H]1O. The molecule has 1 aliphatic carbocycles. The van der Waals surface area contributed by atoms with E-state index in [1.54, 1.807) is 6.92 Å². The van der Waals surface area contributed by atoms with Crippen LogP contribution in [0.3, 0.4) is 0 Å². The Kier molecular flexibility index (Phi) is 5.06. The van der Waals surface area contributed by atoms with Gasteiger partial charge in [-0.3, -0.25) is 9.59 Å². The van der Waals surface area contributed by atoms with Gasteiger partial charge in [0.1, 0.15) is 18.3 Å². The lowest BCUT2D eigenvalue weighted by Gasteiger charge is -2.38. The quantitative estimate of drug-likeness (QED) is 0.473. The molecule has 5 atom stereocenters. The van der Waals surface area contributed by atoms with Crippen LogP contribution in [0.15, 0.2) is 0 Å². The molecule has 1 rings (SSSR count). The standard InChI is InChI=1S/C11H18O7/c1-2-3-7(12)18-6-4-5(11(16)17)8(13)10(15)9(6)14/h5-6,8-10,13-15H,2-4H2,1H3,(H,16,17)/t5-,6?,8+,9-,10-/m0/s1. The number of carbonyl (C=O) groups excluding carboxylic acids is 1. The van der Waals surface area contributed by atoms with Gasteiger partial charge >= 0.3 is 11.9 Å². The summed E-state index contributed by atoms with van der Waals surface area (Å²) in [5.74, 6) is -3.12. The van der Waals surface area contributed by atoms with Crippen molar-refractivity contribution >= 4 is 11.9 Å². The molecule has 7 nitrogen and oxygen atoms in total. The summed E-state index contributed by atoms with van der Waals surface area (Å²) in [6.07, 6.45) is -5.29. The van der Waals surface area contributed by atoms with Crippen molar-refractivity contribution in [3.63, 3.8) is 0 Å². The zero-order valence-electron chi connectivity index (χ0n) is 10.0. The summed E-state index contributed by atoms with van der Waals surface area (Å²) in [4.78, 5) is 22.2. The highest BCUT2D eigenvalue weighted by Crippen LogP contribution is 2.28. The lowest BCUT2D eigenvalue weighted by atomic mass is 9.81. The molecule has 1 aliphatic rings. The second-order valence-corrected chi connectivity index (χ2v) is 4.43. The van der Waals surface area contributed by atoms with Gasteiger partial charge in [0.25, 0.3) is 0 Å². The van der Waals surface area contributed by atoms with E-state index >= 15 is 0 Å². The Hall–Kier alpha value is -1.18. The van der Waals surface area contributed by atoms with Gasteiger partial charge < -0.3 is 25.2 Å². The first-order chi connectivity index (χ1) is 8.38. The largest absolute Gasteiger partial charge is 0.481 e. The van der Waals surface area contributed by atoms with Crippen LogP contribution in [0.4, 0.5) is 0 Å². The molecule has 1 unspecified atom stereocenters. The second-order valence-electron chi connectivity index (χ2n) is 4.43. The average Bonchev–Trinajstić information content (AvgIpc) is 2.30. The molecule has 4 N–H and O–H groups in total. The molecular formula is C11H18O7. The van der Waals surface area contributed by atoms with E-state index in [9.17, 15) is 24.9 Å². The summed E-state index contributed by atoms with van der Waals surface area (Å²) >= 11 is 0. The van der Waals surface area contributed by atoms with Gasteiger partial charge in [-0.15, -0.1) is 0 Å². The van der Waals surface area contributed by atoms with Crippen LogP contribution < -0.4 is 0 Å². The predicted octanol–water partition coefficient (Wildman–Crippen LogP) is -1.11. The van der Waals surface area contributed by atoms with Crippen molar-refractivity contribution in [3.8, 4) is 0 Å². The maximum absolute atomic E-state index is 11.3. The van der Waals surface area contributed by atoms with Crippen LogP contribution in [-0.2, 0) is 14.3 Å². The minimum Gasteiger partial charge on any atom is -0.481 e. The molecule has 0 saturated heterocycles. The van der Waals surface area contributed by atoms with E-state index in [0.29, 0.717) is 6.42 Å². The van der Waals surface area contributed by atoms with Crippen LogP contribution >= 0.6 is 0 Å². The van der Waals surface area contributed by atoms with Crippen molar-refractivity contribution in [3.05, 3.63) is 0 Å². The summed E-state index contributed by atoms with van der Waals surface area (Å²) in [6.45, 7) is 1.78. The number of carboxylic acid groups (broad SMARTS) is 1. The second kappa shape index (κ2) is 6.12. The lowest BCUT2D eigenvalue weighted by Crippen LogP contribution is -2.56. The van der Waals surface area contributed by atoms with Crippen molar-refractivity contribution in [2.45, 2.75) is 50.6 Å². The fourth-order valence-corrected chi connectivity index (χ4v) is 1.99. The van der Waals surface area contributed by atoms with Gasteiger partial charge in [0, 0.05) is 12.8 Å². The molecule has 18 heavy (non-hydrogen) atoms. The molecule has 0 bridgehead atoms. The Balaban J connectivity index is 2.73. The predicted molar refractivity (Wildman–Crippen MR) is 58.6 cm³/mol. The summed E-state index contributed by atoms with van der Waals surface area (Å²) in [6, 6.07) is 0. The molecule has 7 heteroatoms. The molecule has 0 spiro atoms. The number of carboxylic acids is 1. The van der Waals surface area contributed by atoms with E-state index in [0.717, 1.165) is 0 Å². The summed E-state index contributed by atoms with van der Waals surface area (Å²) < 4.78 is 4.92. The topological polar surface area (TPSA) is 124 Å². The monoisotopic (exact) mass is 262 g/mol. The van der Waals surface area contributed by atoms with Gasteiger partial charge in [-0.05, 0) is 6.42 Å². The fourth-order valence-electron chi connectivity index (χ4n) is 1.99. The third-order valence-corrected chi connectivity index (χ3v) is 3.03. The van der Waals surface area contributed by atoms with Crippen LogP contribution in [-0.4, -0.2) is 56.8 Å². The third kappa shape index (κ3) is 3.18. The molecule has 0 aliphatic heterocycles. The first-order valence-electron chi connectivity index (χ1n) is 5.85. The molecule has 0 aromatic heterocycles. The first-order valence-corrected chi connectivity index (χ1v) is 5.85. The Morgan fingerprint density at radius 1 is 1.17 bits per heavy atom. The van der Waals surface area contributed by atoms with E-state index in [-0.39, 0.29) is 12.8 Å². The van der Waals surface area contributed by atoms with Crippen molar-refractivity contribution < 1.29 is 34.8 Å². The van der Waals surface area contributed by atoms with E-state index in [2.05, 4.69) is 0 Å². The van der Waals surface area contributed by atoms with Crippen LogP contribution in [0.1, 0.15) is 26.2 Å². The van der Waals surface area contributed by atoms with E-state index in [1.807, 2.05) is 0 Å². The molecule has 0 aromatic rings. The lowest BCUT2D eigenvalue weighted by molar-refractivity contribution is -0.193. The fraction of sp³-hybridized carbons (Fsp3) is 0.818. The van der Waals surface area contributed by atoms with Crippen molar-refractivity contribution in [1.82, 2.24) is 0 Å². The number of carbonyl (C=O) groups is 2. The van der Waals surface area contributed by atoms with Gasteiger partial charge in [0.05, 0.1) is 12.0 Å². The maximum Gasteiger partial charge on any atom is 0.309 e. The highest BCUT2D eigenvalue weighted by Gasteiger charge is 2.47. The Morgan fingerprint density at radius 2 is 1.78 bits per heavy atom. The third-order valence-electron chi connectivity index (χ3n) is 3.03. The summed E-state index contributed by atoms with van der Waals surface area (Å²) in [5, 5.41) is 37.5. The smallest absolute Gasteiger partial charge is 0.309 e. The molecule has 1 saturated carbocycles. The van der Waals surface area contributed by atoms with Crippen LogP contribution in [0, 0.1) is 5.92 Å². The van der Waals surface area contributed by atoms with E-state index in [4.69, 9.17) is 9.84 Å². The Bertz CT molecular complexity index is 317. The number of aliphatic hydroxyl groups is 3. The molecule has 0 heterocycles. The van der Waals surface area contributed by atoms with Crippen LogP contribution in [0.25, 0.3) is 0 Å². The summed E-state index contributed by atoms with van der Waals surface area (Å²) in [7, 11) is 0. The van der Waals surface area contributed by atoms with Gasteiger partial charge in [0.2, 0.25) is 0 Å². The number of esters is 1. The Labute approximate surface area is 104 Å². The van der Waals surface area contributed by atoms with E-state index in [1.165, 1.54) is 0 Å². The number of ether oxygens (including phenoxy) is 1. The molecular weight excluding hydrogens is 244 g/mol.